The zero-order chi connectivity index (χ0) is 21.6. The maximum absolute atomic E-state index is 12.9. The van der Waals surface area contributed by atoms with Gasteiger partial charge in [0.25, 0.3) is 11.5 Å². The molecule has 4 rings (SSSR count). The molecule has 0 unspecified atom stereocenters. The third kappa shape index (κ3) is 3.38. The Labute approximate surface area is 180 Å². The number of nitrogens with one attached hydrogen (secondary N) is 1. The summed E-state index contributed by atoms with van der Waals surface area (Å²) in [4.78, 5) is 30.9. The number of fused-ring (bicyclic) bond motifs is 3. The third-order valence-electron chi connectivity index (χ3n) is 4.86. The van der Waals surface area contributed by atoms with E-state index in [9.17, 15) is 9.59 Å². The largest absolute Gasteiger partial charge is 0.495 e. The van der Waals surface area contributed by atoms with Crippen LogP contribution in [0.5, 0.6) is 11.5 Å². The maximum atomic E-state index is 12.9. The number of methoxy groups -OCH3 is 2. The van der Waals surface area contributed by atoms with Crippen molar-refractivity contribution in [3.05, 3.63) is 61.7 Å². The first-order valence-electron chi connectivity index (χ1n) is 8.99. The van der Waals surface area contributed by atoms with Gasteiger partial charge in [0.15, 0.2) is 4.96 Å². The number of carbonyl (C=O) groups is 1. The lowest BCUT2D eigenvalue weighted by molar-refractivity contribution is 0.103. The number of hydrogen-bond donors (Lipinski definition) is 1. The Bertz CT molecular complexity index is 1380. The molecule has 0 aliphatic rings. The molecule has 0 atom stereocenters. The van der Waals surface area contributed by atoms with E-state index in [2.05, 4.69) is 10.3 Å². The number of aryl methyl sites for hydroxylation is 2. The average Bonchev–Trinajstić information content (AvgIpc) is 3.06. The van der Waals surface area contributed by atoms with Gasteiger partial charge in [-0.1, -0.05) is 22.9 Å². The quantitative estimate of drug-likeness (QED) is 0.504. The molecule has 0 saturated carbocycles. The summed E-state index contributed by atoms with van der Waals surface area (Å²) in [6.07, 6.45) is 0. The molecule has 0 saturated heterocycles. The third-order valence-corrected chi connectivity index (χ3v) is 6.14. The lowest BCUT2D eigenvalue weighted by atomic mass is 10.1. The summed E-state index contributed by atoms with van der Waals surface area (Å²) in [6.45, 7) is 3.98. The number of carbonyl (C=O) groups excluding carboxylic acids is 1. The smallest absolute Gasteiger partial charge is 0.266 e. The second-order valence-electron chi connectivity index (χ2n) is 6.75. The molecule has 154 valence electrons. The normalized spacial score (nSPS) is 11.1. The highest BCUT2D eigenvalue weighted by molar-refractivity contribution is 7.18. The van der Waals surface area contributed by atoms with Gasteiger partial charge < -0.3 is 14.8 Å². The predicted octanol–water partition coefficient (Wildman–Crippen LogP) is 4.45. The molecule has 1 N–H and O–H groups in total. The highest BCUT2D eigenvalue weighted by Gasteiger charge is 2.17. The monoisotopic (exact) mass is 443 g/mol. The summed E-state index contributed by atoms with van der Waals surface area (Å²) >= 11 is 7.30. The highest BCUT2D eigenvalue weighted by Crippen LogP contribution is 2.36. The van der Waals surface area contributed by atoms with Gasteiger partial charge in [-0.05, 0) is 43.2 Å². The first-order chi connectivity index (χ1) is 14.3. The first kappa shape index (κ1) is 20.2. The van der Waals surface area contributed by atoms with Crippen LogP contribution in [0.15, 0.2) is 35.1 Å². The number of aromatic nitrogens is 2. The van der Waals surface area contributed by atoms with Crippen molar-refractivity contribution in [1.82, 2.24) is 9.38 Å². The number of hydrogen-bond acceptors (Lipinski definition) is 6. The van der Waals surface area contributed by atoms with Gasteiger partial charge in [0.1, 0.15) is 16.4 Å². The minimum atomic E-state index is -0.460. The van der Waals surface area contributed by atoms with Crippen LogP contribution in [-0.4, -0.2) is 29.5 Å². The van der Waals surface area contributed by atoms with Crippen LogP contribution in [0.1, 0.15) is 20.8 Å². The molecular weight excluding hydrogens is 426 g/mol. The van der Waals surface area contributed by atoms with Crippen molar-refractivity contribution in [1.29, 1.82) is 0 Å². The number of amides is 1. The molecule has 0 bridgehead atoms. The Morgan fingerprint density at radius 3 is 2.47 bits per heavy atom. The predicted molar refractivity (Wildman–Crippen MR) is 119 cm³/mol. The molecule has 0 fully saturated rings. The lowest BCUT2D eigenvalue weighted by Gasteiger charge is -2.13. The lowest BCUT2D eigenvalue weighted by Crippen LogP contribution is -2.17. The molecular formula is C21H18ClN3O4S. The van der Waals surface area contributed by atoms with Crippen LogP contribution in [0.2, 0.25) is 5.02 Å². The van der Waals surface area contributed by atoms with E-state index in [0.29, 0.717) is 32.7 Å². The number of nitrogens with zero attached hydrogens (tertiary/aromatic N) is 2. The van der Waals surface area contributed by atoms with Crippen LogP contribution < -0.4 is 20.3 Å². The zero-order valence-corrected chi connectivity index (χ0v) is 18.3. The number of rotatable bonds is 4. The molecule has 0 aliphatic carbocycles. The Hall–Kier alpha value is -3.10. The van der Waals surface area contributed by atoms with E-state index in [4.69, 9.17) is 21.1 Å². The highest BCUT2D eigenvalue weighted by atomic mass is 35.5. The summed E-state index contributed by atoms with van der Waals surface area (Å²) in [5, 5.41) is 3.07. The van der Waals surface area contributed by atoms with Crippen molar-refractivity contribution < 1.29 is 14.3 Å². The number of benzene rings is 2. The van der Waals surface area contributed by atoms with E-state index in [1.54, 1.807) is 6.07 Å². The molecule has 2 aromatic carbocycles. The van der Waals surface area contributed by atoms with Crippen LogP contribution in [0.4, 0.5) is 5.69 Å². The Morgan fingerprint density at radius 1 is 1.07 bits per heavy atom. The Kier molecular flexibility index (Phi) is 5.13. The fourth-order valence-electron chi connectivity index (χ4n) is 3.15. The topological polar surface area (TPSA) is 81.9 Å². The van der Waals surface area contributed by atoms with Crippen LogP contribution >= 0.6 is 22.9 Å². The second kappa shape index (κ2) is 7.62. The SMILES string of the molecule is COc1cc(OC)c(NC(=O)c2cc(=O)n3c(nc4cc(C)c(C)cc43)s2)cc1Cl. The summed E-state index contributed by atoms with van der Waals surface area (Å²) in [5.74, 6) is 0.348. The van der Waals surface area contributed by atoms with Crippen molar-refractivity contribution in [3.8, 4) is 11.5 Å². The number of ether oxygens (including phenoxy) is 2. The molecule has 2 aromatic heterocycles. The van der Waals surface area contributed by atoms with Crippen molar-refractivity contribution in [2.24, 2.45) is 0 Å². The minimum absolute atomic E-state index is 0.227. The number of imidazole rings is 1. The maximum Gasteiger partial charge on any atom is 0.266 e. The summed E-state index contributed by atoms with van der Waals surface area (Å²) in [6, 6.07) is 8.29. The standard InChI is InChI=1S/C21H18ClN3O4S/c1-10-5-13-15(6-11(10)2)25-19(26)9-18(30-21(25)24-13)20(27)23-14-7-12(22)16(28-3)8-17(14)29-4/h5-9H,1-4H3,(H,23,27). The molecule has 0 aliphatic heterocycles. The first-order valence-corrected chi connectivity index (χ1v) is 10.2. The molecule has 0 spiro atoms. The van der Waals surface area contributed by atoms with Gasteiger partial charge in [-0.25, -0.2) is 4.98 Å². The molecule has 4 aromatic rings. The van der Waals surface area contributed by atoms with E-state index >= 15 is 0 Å². The van der Waals surface area contributed by atoms with Crippen LogP contribution in [0, 0.1) is 13.8 Å². The van der Waals surface area contributed by atoms with Gasteiger partial charge in [-0.3, -0.25) is 14.0 Å². The second-order valence-corrected chi connectivity index (χ2v) is 8.16. The van der Waals surface area contributed by atoms with Crippen molar-refractivity contribution >= 4 is 50.5 Å². The van der Waals surface area contributed by atoms with E-state index < -0.39 is 5.91 Å². The van der Waals surface area contributed by atoms with Gasteiger partial charge in [0, 0.05) is 12.1 Å². The fraction of sp³-hybridized carbons (Fsp3) is 0.190. The number of anilines is 1. The summed E-state index contributed by atoms with van der Waals surface area (Å²) < 4.78 is 12.0. The number of halogens is 1. The van der Waals surface area contributed by atoms with E-state index in [0.717, 1.165) is 28.0 Å². The van der Waals surface area contributed by atoms with Gasteiger partial charge in [-0.2, -0.15) is 0 Å². The molecule has 30 heavy (non-hydrogen) atoms. The molecule has 1 amide bonds. The molecule has 0 radical (unpaired) electrons. The summed E-state index contributed by atoms with van der Waals surface area (Å²) in [5.41, 5.74) is 3.65. The average molecular weight is 444 g/mol. The zero-order valence-electron chi connectivity index (χ0n) is 16.7. The summed E-state index contributed by atoms with van der Waals surface area (Å²) in [7, 11) is 2.96. The van der Waals surface area contributed by atoms with Crippen molar-refractivity contribution in [2.75, 3.05) is 19.5 Å². The van der Waals surface area contributed by atoms with E-state index in [1.165, 1.54) is 30.8 Å². The van der Waals surface area contributed by atoms with Gasteiger partial charge in [0.2, 0.25) is 0 Å². The van der Waals surface area contributed by atoms with Crippen molar-refractivity contribution in [3.63, 3.8) is 0 Å². The molecule has 9 heteroatoms. The van der Waals surface area contributed by atoms with E-state index in [-0.39, 0.29) is 10.4 Å². The van der Waals surface area contributed by atoms with Gasteiger partial charge >= 0.3 is 0 Å². The van der Waals surface area contributed by atoms with Gasteiger partial charge in [-0.15, -0.1) is 0 Å². The van der Waals surface area contributed by atoms with Crippen LogP contribution in [0.25, 0.3) is 16.0 Å². The Morgan fingerprint density at radius 2 is 1.77 bits per heavy atom. The van der Waals surface area contributed by atoms with Crippen LogP contribution in [0.3, 0.4) is 0 Å². The van der Waals surface area contributed by atoms with E-state index in [1.807, 2.05) is 26.0 Å². The Balaban J connectivity index is 1.77. The molecule has 2 heterocycles. The fourth-order valence-corrected chi connectivity index (χ4v) is 4.31. The minimum Gasteiger partial charge on any atom is -0.495 e. The molecule has 7 nitrogen and oxygen atoms in total. The van der Waals surface area contributed by atoms with Crippen molar-refractivity contribution in [2.45, 2.75) is 13.8 Å². The van der Waals surface area contributed by atoms with Gasteiger partial charge in [0.05, 0.1) is 36.0 Å². The van der Waals surface area contributed by atoms with Crippen LogP contribution in [-0.2, 0) is 0 Å².